The topological polar surface area (TPSA) is 37.3 Å². The van der Waals surface area contributed by atoms with Gasteiger partial charge in [-0.25, -0.2) is 4.21 Å². The first kappa shape index (κ1) is 8.90. The van der Waals surface area contributed by atoms with E-state index in [9.17, 15) is 4.21 Å². The van der Waals surface area contributed by atoms with Gasteiger partial charge in [-0.1, -0.05) is 46.3 Å². The van der Waals surface area contributed by atoms with E-state index >= 15 is 0 Å². The number of benzene rings is 1. The Morgan fingerprint density at radius 3 is 2.36 bits per heavy atom. The Labute approximate surface area is 76.0 Å². The fourth-order valence-electron chi connectivity index (χ4n) is 0.721. The Morgan fingerprint density at radius 2 is 1.91 bits per heavy atom. The number of hydrogen-bond acceptors (Lipinski definition) is 1. The van der Waals surface area contributed by atoms with Crippen LogP contribution in [0.4, 0.5) is 0 Å². The molecule has 0 aliphatic rings. The van der Waals surface area contributed by atoms with Gasteiger partial charge in [0.15, 0.2) is 11.1 Å². The van der Waals surface area contributed by atoms with Crippen LogP contribution in [0, 0.1) is 0 Å². The molecule has 1 N–H and O–H groups in total. The van der Waals surface area contributed by atoms with Crippen molar-refractivity contribution < 1.29 is 8.76 Å². The van der Waals surface area contributed by atoms with Gasteiger partial charge in [-0.15, -0.1) is 0 Å². The van der Waals surface area contributed by atoms with Gasteiger partial charge in [0.1, 0.15) is 4.16 Å². The van der Waals surface area contributed by atoms with Crippen LogP contribution in [0.2, 0.25) is 0 Å². The molecule has 0 fully saturated rings. The molecule has 0 saturated heterocycles. The lowest BCUT2D eigenvalue weighted by Crippen LogP contribution is -1.96. The molecule has 1 aromatic carbocycles. The second-order valence-corrected chi connectivity index (χ2v) is 4.55. The first-order chi connectivity index (χ1) is 5.22. The summed E-state index contributed by atoms with van der Waals surface area (Å²) in [5, 5.41) is 0. The van der Waals surface area contributed by atoms with E-state index in [1.807, 2.05) is 18.2 Å². The van der Waals surface area contributed by atoms with Gasteiger partial charge in [0.05, 0.1) is 0 Å². The molecule has 0 aliphatic heterocycles. The summed E-state index contributed by atoms with van der Waals surface area (Å²) >= 11 is 1.26. The molecular weight excluding hydrogens is 228 g/mol. The Balaban J connectivity index is 2.85. The van der Waals surface area contributed by atoms with Crippen molar-refractivity contribution in [1.29, 1.82) is 0 Å². The van der Waals surface area contributed by atoms with Crippen LogP contribution in [0.25, 0.3) is 0 Å². The lowest BCUT2D eigenvalue weighted by molar-refractivity contribution is 0.563. The second kappa shape index (κ2) is 3.99. The highest BCUT2D eigenvalue weighted by molar-refractivity contribution is 9.10. The van der Waals surface area contributed by atoms with Gasteiger partial charge < -0.3 is 4.55 Å². The molecule has 2 nitrogen and oxygen atoms in total. The van der Waals surface area contributed by atoms with E-state index in [-0.39, 0.29) is 0 Å². The number of rotatable bonds is 2. The first-order valence-corrected chi connectivity index (χ1v) is 5.09. The average molecular weight is 235 g/mol. The van der Waals surface area contributed by atoms with Crippen LogP contribution in [-0.2, 0) is 11.1 Å². The molecule has 0 aromatic heterocycles. The van der Waals surface area contributed by atoms with Gasteiger partial charge in [0, 0.05) is 0 Å². The SMILES string of the molecule is O=S(O)C(Br)c1ccccc1. The van der Waals surface area contributed by atoms with Gasteiger partial charge >= 0.3 is 0 Å². The molecule has 1 aromatic rings. The zero-order chi connectivity index (χ0) is 8.27. The van der Waals surface area contributed by atoms with Crippen molar-refractivity contribution in [3.8, 4) is 0 Å². The van der Waals surface area contributed by atoms with Crippen LogP contribution in [0.15, 0.2) is 30.3 Å². The number of alkyl halides is 1. The van der Waals surface area contributed by atoms with Crippen molar-refractivity contribution in [2.75, 3.05) is 0 Å². The Morgan fingerprint density at radius 1 is 1.36 bits per heavy atom. The lowest BCUT2D eigenvalue weighted by Gasteiger charge is -2.03. The molecule has 4 heteroatoms. The highest BCUT2D eigenvalue weighted by atomic mass is 79.9. The second-order valence-electron chi connectivity index (χ2n) is 2.00. The molecule has 0 aliphatic carbocycles. The monoisotopic (exact) mass is 234 g/mol. The lowest BCUT2D eigenvalue weighted by atomic mass is 10.2. The molecule has 0 saturated carbocycles. The third-order valence-electron chi connectivity index (χ3n) is 1.24. The Hall–Kier alpha value is -0.190. The van der Waals surface area contributed by atoms with E-state index in [0.717, 1.165) is 5.56 Å². The maximum atomic E-state index is 10.6. The predicted octanol–water partition coefficient (Wildman–Crippen LogP) is 2.30. The zero-order valence-corrected chi connectivity index (χ0v) is 8.01. The molecule has 0 radical (unpaired) electrons. The van der Waals surface area contributed by atoms with Crippen LogP contribution in [0.3, 0.4) is 0 Å². The first-order valence-electron chi connectivity index (χ1n) is 3.00. The summed E-state index contributed by atoms with van der Waals surface area (Å²) in [5.74, 6) is 0. The average Bonchev–Trinajstić information content (AvgIpc) is 2.05. The number of halogens is 1. The normalized spacial score (nSPS) is 15.8. The third-order valence-corrected chi connectivity index (χ3v) is 3.35. The minimum absolute atomic E-state index is 0.483. The molecule has 2 unspecified atom stereocenters. The van der Waals surface area contributed by atoms with Crippen LogP contribution >= 0.6 is 15.9 Å². The van der Waals surface area contributed by atoms with Gasteiger partial charge in [-0.05, 0) is 5.56 Å². The van der Waals surface area contributed by atoms with Crippen LogP contribution in [-0.4, -0.2) is 8.76 Å². The van der Waals surface area contributed by atoms with Crippen LogP contribution in [0.5, 0.6) is 0 Å². The third kappa shape index (κ3) is 2.39. The maximum Gasteiger partial charge on any atom is 0.171 e. The van der Waals surface area contributed by atoms with Crippen LogP contribution < -0.4 is 0 Å². The Bertz CT molecular complexity index is 250. The molecule has 2 atom stereocenters. The largest absolute Gasteiger partial charge is 0.305 e. The molecule has 0 bridgehead atoms. The van der Waals surface area contributed by atoms with Crippen molar-refractivity contribution in [3.63, 3.8) is 0 Å². The summed E-state index contributed by atoms with van der Waals surface area (Å²) in [4.78, 5) is 0. The zero-order valence-electron chi connectivity index (χ0n) is 5.61. The molecule has 0 spiro atoms. The van der Waals surface area contributed by atoms with Crippen LogP contribution in [0.1, 0.15) is 9.72 Å². The summed E-state index contributed by atoms with van der Waals surface area (Å²) in [7, 11) is 0. The fourth-order valence-corrected chi connectivity index (χ4v) is 1.42. The van der Waals surface area contributed by atoms with E-state index < -0.39 is 15.2 Å². The number of hydrogen-bond donors (Lipinski definition) is 1. The van der Waals surface area contributed by atoms with Crippen molar-refractivity contribution in [2.45, 2.75) is 4.16 Å². The summed E-state index contributed by atoms with van der Waals surface area (Å²) in [6, 6.07) is 9.12. The summed E-state index contributed by atoms with van der Waals surface area (Å²) in [5.41, 5.74) is 0.813. The van der Waals surface area contributed by atoms with Gasteiger partial charge in [-0.2, -0.15) is 0 Å². The Kier molecular flexibility index (Phi) is 3.23. The molecule has 0 heterocycles. The molecule has 0 amide bonds. The molecule has 11 heavy (non-hydrogen) atoms. The maximum absolute atomic E-state index is 10.6. The predicted molar refractivity (Wildman–Crippen MR) is 48.9 cm³/mol. The minimum atomic E-state index is -1.84. The summed E-state index contributed by atoms with van der Waals surface area (Å²) in [6.07, 6.45) is 0. The highest BCUT2D eigenvalue weighted by Gasteiger charge is 2.11. The minimum Gasteiger partial charge on any atom is -0.305 e. The summed E-state index contributed by atoms with van der Waals surface area (Å²) in [6.45, 7) is 0. The fraction of sp³-hybridized carbons (Fsp3) is 0.143. The van der Waals surface area contributed by atoms with E-state index in [1.165, 1.54) is 0 Å². The molecular formula is C7H7BrO2S. The van der Waals surface area contributed by atoms with E-state index in [2.05, 4.69) is 15.9 Å². The van der Waals surface area contributed by atoms with Gasteiger partial charge in [0.2, 0.25) is 0 Å². The van der Waals surface area contributed by atoms with Crippen molar-refractivity contribution in [2.24, 2.45) is 0 Å². The van der Waals surface area contributed by atoms with Gasteiger partial charge in [-0.3, -0.25) is 0 Å². The van der Waals surface area contributed by atoms with Crippen molar-refractivity contribution >= 4 is 27.0 Å². The summed E-state index contributed by atoms with van der Waals surface area (Å²) < 4.78 is 18.8. The van der Waals surface area contributed by atoms with Crippen molar-refractivity contribution in [3.05, 3.63) is 35.9 Å². The highest BCUT2D eigenvalue weighted by Crippen LogP contribution is 2.24. The molecule has 60 valence electrons. The van der Waals surface area contributed by atoms with E-state index in [0.29, 0.717) is 0 Å². The molecule has 1 rings (SSSR count). The standard InChI is InChI=1S/C7H7BrO2S/c8-7(11(9)10)6-4-2-1-3-5-6/h1-5,7H,(H,9,10). The van der Waals surface area contributed by atoms with Crippen molar-refractivity contribution in [1.82, 2.24) is 0 Å². The van der Waals surface area contributed by atoms with Gasteiger partial charge in [0.25, 0.3) is 0 Å². The van der Waals surface area contributed by atoms with E-state index in [1.54, 1.807) is 12.1 Å². The smallest absolute Gasteiger partial charge is 0.171 e. The van der Waals surface area contributed by atoms with E-state index in [4.69, 9.17) is 4.55 Å². The quantitative estimate of drug-likeness (QED) is 0.630.